The molecule has 0 rings (SSSR count). The van der Waals surface area contributed by atoms with Crippen LogP contribution in [0.15, 0.2) is 0 Å². The second-order valence-corrected chi connectivity index (χ2v) is 4.50. The highest BCUT2D eigenvalue weighted by Gasteiger charge is 1.88. The number of hydrogen-bond acceptors (Lipinski definition) is 4. The van der Waals surface area contributed by atoms with Gasteiger partial charge >= 0.3 is 0 Å². The lowest BCUT2D eigenvalue weighted by Gasteiger charge is -1.97. The van der Waals surface area contributed by atoms with Gasteiger partial charge < -0.3 is 10.2 Å². The highest BCUT2D eigenvalue weighted by Crippen LogP contribution is 2.05. The van der Waals surface area contributed by atoms with Crippen LogP contribution < -0.4 is 0 Å². The fourth-order valence-corrected chi connectivity index (χ4v) is 1.38. The van der Waals surface area contributed by atoms with Crippen LogP contribution in [0.25, 0.3) is 0 Å². The van der Waals surface area contributed by atoms with Gasteiger partial charge in [0.25, 0.3) is 11.9 Å². The minimum Gasteiger partial charge on any atom is -0.481 e. The van der Waals surface area contributed by atoms with Crippen molar-refractivity contribution in [1.82, 2.24) is 0 Å². The zero-order valence-electron chi connectivity index (χ0n) is 11.3. The van der Waals surface area contributed by atoms with Gasteiger partial charge in [-0.2, -0.15) is 25.3 Å². The van der Waals surface area contributed by atoms with Crippen LogP contribution in [-0.4, -0.2) is 33.7 Å². The molecule has 0 spiro atoms. The molecule has 0 heterocycles. The van der Waals surface area contributed by atoms with Crippen LogP contribution in [0.2, 0.25) is 0 Å². The molecule has 0 amide bonds. The number of thiol groups is 2. The van der Waals surface area contributed by atoms with Gasteiger partial charge in [-0.15, -0.1) is 0 Å². The van der Waals surface area contributed by atoms with Gasteiger partial charge in [-0.3, -0.25) is 9.59 Å². The van der Waals surface area contributed by atoms with Gasteiger partial charge in [0.1, 0.15) is 0 Å². The Kier molecular flexibility index (Phi) is 27.7. The molecular formula is C12H26O4S2. The maximum absolute atomic E-state index is 9.00. The summed E-state index contributed by atoms with van der Waals surface area (Å²) in [5, 5.41) is 14.8. The Labute approximate surface area is 121 Å². The van der Waals surface area contributed by atoms with Crippen LogP contribution in [0.5, 0.6) is 0 Å². The van der Waals surface area contributed by atoms with Crippen molar-refractivity contribution < 1.29 is 19.8 Å². The van der Waals surface area contributed by atoms with Crippen LogP contribution in [0, 0.1) is 0 Å². The Hall–Kier alpha value is -0.360. The van der Waals surface area contributed by atoms with E-state index >= 15 is 0 Å². The molecule has 0 unspecified atom stereocenters. The van der Waals surface area contributed by atoms with E-state index in [4.69, 9.17) is 19.8 Å². The van der Waals surface area contributed by atoms with Crippen LogP contribution in [0.1, 0.15) is 52.4 Å². The van der Waals surface area contributed by atoms with E-state index in [9.17, 15) is 0 Å². The first-order valence-corrected chi connectivity index (χ1v) is 7.25. The SMILES string of the molecule is CC(=O)O.CC(=O)O.SCCCCCCCCS. The summed E-state index contributed by atoms with van der Waals surface area (Å²) in [7, 11) is 0. The third-order valence-corrected chi connectivity index (χ3v) is 2.20. The molecule has 0 fully saturated rings. The second kappa shape index (κ2) is 21.9. The molecule has 6 heteroatoms. The molecule has 0 aliphatic heterocycles. The maximum atomic E-state index is 9.00. The fourth-order valence-electron chi connectivity index (χ4n) is 0.931. The molecule has 0 saturated heterocycles. The second-order valence-electron chi connectivity index (χ2n) is 3.61. The van der Waals surface area contributed by atoms with Crippen molar-refractivity contribution >= 4 is 37.2 Å². The summed E-state index contributed by atoms with van der Waals surface area (Å²) in [6, 6.07) is 0. The summed E-state index contributed by atoms with van der Waals surface area (Å²) in [6.07, 6.45) is 8.04. The number of unbranched alkanes of at least 4 members (excludes halogenated alkanes) is 5. The first-order valence-electron chi connectivity index (χ1n) is 5.99. The summed E-state index contributed by atoms with van der Waals surface area (Å²) in [5.74, 6) is 0.430. The zero-order valence-corrected chi connectivity index (χ0v) is 13.1. The summed E-state index contributed by atoms with van der Waals surface area (Å²) in [5.41, 5.74) is 0. The predicted octanol–water partition coefficient (Wildman–Crippen LogP) is 3.37. The van der Waals surface area contributed by atoms with Gasteiger partial charge in [0.05, 0.1) is 0 Å². The molecule has 0 bridgehead atoms. The van der Waals surface area contributed by atoms with Crippen LogP contribution in [0.4, 0.5) is 0 Å². The molecular weight excluding hydrogens is 272 g/mol. The highest BCUT2D eigenvalue weighted by molar-refractivity contribution is 7.80. The van der Waals surface area contributed by atoms with Gasteiger partial charge in [-0.25, -0.2) is 0 Å². The number of rotatable bonds is 7. The smallest absolute Gasteiger partial charge is 0.300 e. The Balaban J connectivity index is -0.000000233. The molecule has 0 aromatic rings. The lowest BCUT2D eigenvalue weighted by Crippen LogP contribution is -1.81. The molecule has 0 atom stereocenters. The third-order valence-electron chi connectivity index (χ3n) is 1.57. The van der Waals surface area contributed by atoms with Crippen molar-refractivity contribution in [3.05, 3.63) is 0 Å². The maximum Gasteiger partial charge on any atom is 0.300 e. The summed E-state index contributed by atoms with van der Waals surface area (Å²) < 4.78 is 0. The molecule has 0 aromatic heterocycles. The zero-order chi connectivity index (χ0) is 14.8. The topological polar surface area (TPSA) is 74.6 Å². The van der Waals surface area contributed by atoms with Crippen molar-refractivity contribution in [2.24, 2.45) is 0 Å². The van der Waals surface area contributed by atoms with Gasteiger partial charge in [-0.05, 0) is 24.3 Å². The van der Waals surface area contributed by atoms with Crippen molar-refractivity contribution in [3.63, 3.8) is 0 Å². The van der Waals surface area contributed by atoms with Crippen molar-refractivity contribution in [3.8, 4) is 0 Å². The molecule has 0 aromatic carbocycles. The average molecular weight is 298 g/mol. The van der Waals surface area contributed by atoms with E-state index in [0.29, 0.717) is 0 Å². The van der Waals surface area contributed by atoms with Gasteiger partial charge in [0, 0.05) is 13.8 Å². The molecule has 4 nitrogen and oxygen atoms in total. The van der Waals surface area contributed by atoms with Crippen LogP contribution in [-0.2, 0) is 9.59 Å². The lowest BCUT2D eigenvalue weighted by molar-refractivity contribution is -0.135. The molecule has 110 valence electrons. The molecule has 2 N–H and O–H groups in total. The van der Waals surface area contributed by atoms with E-state index in [2.05, 4.69) is 25.3 Å². The highest BCUT2D eigenvalue weighted by atomic mass is 32.1. The number of hydrogen-bond donors (Lipinski definition) is 4. The van der Waals surface area contributed by atoms with Crippen molar-refractivity contribution in [2.45, 2.75) is 52.4 Å². The van der Waals surface area contributed by atoms with Crippen molar-refractivity contribution in [1.29, 1.82) is 0 Å². The summed E-state index contributed by atoms with van der Waals surface area (Å²) >= 11 is 8.30. The normalized spacial score (nSPS) is 8.44. The molecule has 0 aliphatic carbocycles. The first kappa shape index (κ1) is 22.8. The Morgan fingerprint density at radius 2 is 0.889 bits per heavy atom. The first-order chi connectivity index (χ1) is 8.38. The average Bonchev–Trinajstić information content (AvgIpc) is 2.22. The minimum atomic E-state index is -0.833. The lowest BCUT2D eigenvalue weighted by atomic mass is 10.1. The van der Waals surface area contributed by atoms with Gasteiger partial charge in [-0.1, -0.05) is 25.7 Å². The third kappa shape index (κ3) is 76.0. The number of carbonyl (C=O) groups is 2. The Morgan fingerprint density at radius 1 is 0.722 bits per heavy atom. The standard InChI is InChI=1S/C8H18S2.2C2H4O2/c9-7-5-3-1-2-4-6-8-10;2*1-2(3)4/h9-10H,1-8H2;2*1H3,(H,3,4). The summed E-state index contributed by atoms with van der Waals surface area (Å²) in [4.78, 5) is 18.0. The largest absolute Gasteiger partial charge is 0.481 e. The van der Waals surface area contributed by atoms with Gasteiger partial charge in [0.2, 0.25) is 0 Å². The van der Waals surface area contributed by atoms with E-state index in [1.165, 1.54) is 38.5 Å². The Bertz CT molecular complexity index is 159. The molecule has 0 saturated carbocycles. The fraction of sp³-hybridized carbons (Fsp3) is 0.833. The molecule has 18 heavy (non-hydrogen) atoms. The van der Waals surface area contributed by atoms with E-state index < -0.39 is 11.9 Å². The number of carboxylic acids is 2. The minimum absolute atomic E-state index is 0.833. The Morgan fingerprint density at radius 3 is 1.06 bits per heavy atom. The van der Waals surface area contributed by atoms with E-state index in [1.807, 2.05) is 0 Å². The van der Waals surface area contributed by atoms with Crippen LogP contribution >= 0.6 is 25.3 Å². The van der Waals surface area contributed by atoms with E-state index in [1.54, 1.807) is 0 Å². The van der Waals surface area contributed by atoms with E-state index in [0.717, 1.165) is 25.4 Å². The summed E-state index contributed by atoms with van der Waals surface area (Å²) in [6.45, 7) is 2.17. The quantitative estimate of drug-likeness (QED) is 0.429. The number of aliphatic carboxylic acids is 2. The van der Waals surface area contributed by atoms with E-state index in [-0.39, 0.29) is 0 Å². The monoisotopic (exact) mass is 298 g/mol. The number of carboxylic acid groups (broad SMARTS) is 2. The van der Waals surface area contributed by atoms with Crippen molar-refractivity contribution in [2.75, 3.05) is 11.5 Å². The molecule has 0 aliphatic rings. The van der Waals surface area contributed by atoms with Crippen LogP contribution in [0.3, 0.4) is 0 Å². The molecule has 0 radical (unpaired) electrons. The predicted molar refractivity (Wildman–Crippen MR) is 82.0 cm³/mol. The van der Waals surface area contributed by atoms with Gasteiger partial charge in [0.15, 0.2) is 0 Å².